The minimum atomic E-state index is 0.495. The van der Waals surface area contributed by atoms with Gasteiger partial charge in [0.15, 0.2) is 17.4 Å². The number of nitrogen functional groups attached to an aromatic ring is 1. The van der Waals surface area contributed by atoms with Crippen molar-refractivity contribution in [2.75, 3.05) is 18.9 Å². The van der Waals surface area contributed by atoms with Gasteiger partial charge in [-0.3, -0.25) is 0 Å². The fourth-order valence-corrected chi connectivity index (χ4v) is 1.82. The SMILES string of the molecule is Cn1cc(-c2ccc3c(c2)OCCO3)nc1N. The highest BCUT2D eigenvalue weighted by Gasteiger charge is 2.13. The number of aromatic nitrogens is 2. The van der Waals surface area contributed by atoms with Gasteiger partial charge in [-0.2, -0.15) is 0 Å². The summed E-state index contributed by atoms with van der Waals surface area (Å²) in [6.45, 7) is 1.18. The summed E-state index contributed by atoms with van der Waals surface area (Å²) < 4.78 is 12.8. The smallest absolute Gasteiger partial charge is 0.200 e. The largest absolute Gasteiger partial charge is 0.486 e. The number of benzene rings is 1. The van der Waals surface area contributed by atoms with E-state index in [-0.39, 0.29) is 0 Å². The van der Waals surface area contributed by atoms with Gasteiger partial charge in [0.25, 0.3) is 0 Å². The number of imidazole rings is 1. The van der Waals surface area contributed by atoms with E-state index >= 15 is 0 Å². The molecule has 2 N–H and O–H groups in total. The van der Waals surface area contributed by atoms with E-state index in [0.717, 1.165) is 22.8 Å². The third-order valence-electron chi connectivity index (χ3n) is 2.75. The van der Waals surface area contributed by atoms with Gasteiger partial charge in [-0.1, -0.05) is 0 Å². The maximum Gasteiger partial charge on any atom is 0.200 e. The molecule has 0 radical (unpaired) electrons. The molecule has 0 saturated carbocycles. The normalized spacial score (nSPS) is 13.7. The molecule has 0 unspecified atom stereocenters. The zero-order valence-corrected chi connectivity index (χ0v) is 9.51. The van der Waals surface area contributed by atoms with E-state index in [9.17, 15) is 0 Å². The first kappa shape index (κ1) is 10.0. The van der Waals surface area contributed by atoms with Gasteiger partial charge in [-0.25, -0.2) is 4.98 Å². The van der Waals surface area contributed by atoms with Crippen LogP contribution in [0.25, 0.3) is 11.3 Å². The van der Waals surface area contributed by atoms with Crippen molar-refractivity contribution in [1.82, 2.24) is 9.55 Å². The third kappa shape index (κ3) is 1.69. The van der Waals surface area contributed by atoms with Crippen molar-refractivity contribution in [2.45, 2.75) is 0 Å². The van der Waals surface area contributed by atoms with E-state index in [4.69, 9.17) is 15.2 Å². The average Bonchev–Trinajstić information content (AvgIpc) is 2.69. The number of hydrogen-bond acceptors (Lipinski definition) is 4. The van der Waals surface area contributed by atoms with Crippen LogP contribution in [0.4, 0.5) is 5.95 Å². The van der Waals surface area contributed by atoms with Gasteiger partial charge in [0.1, 0.15) is 13.2 Å². The van der Waals surface area contributed by atoms with Gasteiger partial charge < -0.3 is 19.8 Å². The lowest BCUT2D eigenvalue weighted by Gasteiger charge is -2.18. The standard InChI is InChI=1S/C12H13N3O2/c1-15-7-9(14-12(15)13)8-2-3-10-11(6-8)17-5-4-16-10/h2-3,6-7H,4-5H2,1H3,(H2,13,14). The lowest BCUT2D eigenvalue weighted by molar-refractivity contribution is 0.171. The Hall–Kier alpha value is -2.17. The van der Waals surface area contributed by atoms with Gasteiger partial charge in [-0.05, 0) is 18.2 Å². The lowest BCUT2D eigenvalue weighted by atomic mass is 10.1. The minimum absolute atomic E-state index is 0.495. The van der Waals surface area contributed by atoms with Crippen LogP contribution in [0, 0.1) is 0 Å². The van der Waals surface area contributed by atoms with Crippen LogP contribution in [0.1, 0.15) is 0 Å². The Balaban J connectivity index is 2.03. The number of fused-ring (bicyclic) bond motifs is 1. The number of ether oxygens (including phenoxy) is 2. The van der Waals surface area contributed by atoms with E-state index in [1.165, 1.54) is 0 Å². The van der Waals surface area contributed by atoms with Crippen molar-refractivity contribution < 1.29 is 9.47 Å². The molecule has 0 spiro atoms. The first-order valence-electron chi connectivity index (χ1n) is 5.43. The molecule has 0 saturated heterocycles. The van der Waals surface area contributed by atoms with Crippen LogP contribution in [0.5, 0.6) is 11.5 Å². The van der Waals surface area contributed by atoms with Gasteiger partial charge in [0.05, 0.1) is 5.69 Å². The van der Waals surface area contributed by atoms with Crippen molar-refractivity contribution >= 4 is 5.95 Å². The predicted octanol–water partition coefficient (Wildman–Crippen LogP) is 1.44. The average molecular weight is 231 g/mol. The molecular weight excluding hydrogens is 218 g/mol. The van der Waals surface area contributed by atoms with E-state index in [0.29, 0.717) is 19.2 Å². The summed E-state index contributed by atoms with van der Waals surface area (Å²) in [6, 6.07) is 5.78. The summed E-state index contributed by atoms with van der Waals surface area (Å²) in [6.07, 6.45) is 1.89. The monoisotopic (exact) mass is 231 g/mol. The number of aryl methyl sites for hydroxylation is 1. The summed E-state index contributed by atoms with van der Waals surface area (Å²) in [5.74, 6) is 2.04. The third-order valence-corrected chi connectivity index (χ3v) is 2.75. The van der Waals surface area contributed by atoms with Gasteiger partial charge in [0, 0.05) is 18.8 Å². The zero-order valence-electron chi connectivity index (χ0n) is 9.51. The van der Waals surface area contributed by atoms with E-state index in [1.54, 1.807) is 4.57 Å². The van der Waals surface area contributed by atoms with Crippen molar-refractivity contribution in [3.8, 4) is 22.8 Å². The molecule has 0 aliphatic carbocycles. The molecule has 2 heterocycles. The maximum atomic E-state index is 5.71. The topological polar surface area (TPSA) is 62.3 Å². The molecule has 88 valence electrons. The molecule has 0 bridgehead atoms. The first-order valence-corrected chi connectivity index (χ1v) is 5.43. The van der Waals surface area contributed by atoms with Crippen LogP contribution in [-0.2, 0) is 7.05 Å². The predicted molar refractivity (Wildman–Crippen MR) is 64.0 cm³/mol. The Morgan fingerprint density at radius 2 is 2.00 bits per heavy atom. The second-order valence-corrected chi connectivity index (χ2v) is 3.95. The highest BCUT2D eigenvalue weighted by Crippen LogP contribution is 2.34. The maximum absolute atomic E-state index is 5.71. The Kier molecular flexibility index (Phi) is 2.18. The molecule has 0 amide bonds. The van der Waals surface area contributed by atoms with E-state index < -0.39 is 0 Å². The minimum Gasteiger partial charge on any atom is -0.486 e. The Bertz CT molecular complexity index is 543. The van der Waals surface area contributed by atoms with Crippen LogP contribution in [-0.4, -0.2) is 22.8 Å². The molecule has 0 atom stereocenters. The van der Waals surface area contributed by atoms with Crippen LogP contribution < -0.4 is 15.2 Å². The number of nitrogens with zero attached hydrogens (tertiary/aromatic N) is 2. The first-order chi connectivity index (χ1) is 8.24. The van der Waals surface area contributed by atoms with Gasteiger partial charge in [0.2, 0.25) is 0 Å². The fourth-order valence-electron chi connectivity index (χ4n) is 1.82. The van der Waals surface area contributed by atoms with Crippen molar-refractivity contribution in [3.05, 3.63) is 24.4 Å². The molecule has 1 aromatic heterocycles. The fraction of sp³-hybridized carbons (Fsp3) is 0.250. The molecule has 17 heavy (non-hydrogen) atoms. The molecule has 5 heteroatoms. The van der Waals surface area contributed by atoms with Crippen molar-refractivity contribution in [3.63, 3.8) is 0 Å². The Morgan fingerprint density at radius 1 is 1.24 bits per heavy atom. The number of anilines is 1. The van der Waals surface area contributed by atoms with E-state index in [1.807, 2.05) is 31.4 Å². The molecule has 2 aromatic rings. The summed E-state index contributed by atoms with van der Waals surface area (Å²) in [7, 11) is 1.86. The summed E-state index contributed by atoms with van der Waals surface area (Å²) in [4.78, 5) is 4.27. The van der Waals surface area contributed by atoms with Crippen molar-refractivity contribution in [1.29, 1.82) is 0 Å². The van der Waals surface area contributed by atoms with Crippen LogP contribution >= 0.6 is 0 Å². The summed E-state index contributed by atoms with van der Waals surface area (Å²) in [5, 5.41) is 0. The zero-order chi connectivity index (χ0) is 11.8. The van der Waals surface area contributed by atoms with Crippen LogP contribution in [0.2, 0.25) is 0 Å². The quantitative estimate of drug-likeness (QED) is 0.806. The number of hydrogen-bond donors (Lipinski definition) is 1. The lowest BCUT2D eigenvalue weighted by Crippen LogP contribution is -2.15. The molecule has 5 nitrogen and oxygen atoms in total. The second kappa shape index (κ2) is 3.69. The molecule has 1 aliphatic rings. The molecule has 1 aromatic carbocycles. The highest BCUT2D eigenvalue weighted by molar-refractivity contribution is 5.65. The molecule has 0 fully saturated rings. The number of nitrogens with two attached hydrogens (primary N) is 1. The molecule has 3 rings (SSSR count). The molecule has 1 aliphatic heterocycles. The van der Waals surface area contributed by atoms with Crippen molar-refractivity contribution in [2.24, 2.45) is 7.05 Å². The second-order valence-electron chi connectivity index (χ2n) is 3.95. The summed E-state index contributed by atoms with van der Waals surface area (Å²) >= 11 is 0. The van der Waals surface area contributed by atoms with Gasteiger partial charge >= 0.3 is 0 Å². The van der Waals surface area contributed by atoms with Crippen LogP contribution in [0.15, 0.2) is 24.4 Å². The van der Waals surface area contributed by atoms with E-state index in [2.05, 4.69) is 4.98 Å². The summed E-state index contributed by atoms with van der Waals surface area (Å²) in [5.41, 5.74) is 7.52. The van der Waals surface area contributed by atoms with Crippen LogP contribution in [0.3, 0.4) is 0 Å². The Labute approximate surface area is 98.8 Å². The van der Waals surface area contributed by atoms with Gasteiger partial charge in [-0.15, -0.1) is 0 Å². The number of rotatable bonds is 1. The highest BCUT2D eigenvalue weighted by atomic mass is 16.6. The Morgan fingerprint density at radius 3 is 2.71 bits per heavy atom. The molecular formula is C12H13N3O2.